The molecule has 0 bridgehead atoms. The van der Waals surface area contributed by atoms with E-state index in [4.69, 9.17) is 5.84 Å². The SMILES string of the molecule is CN1CCN(C(=O)c2ccc(NN)cn2)CC1=O. The van der Waals surface area contributed by atoms with Crippen molar-refractivity contribution in [1.82, 2.24) is 14.8 Å². The van der Waals surface area contributed by atoms with Crippen molar-refractivity contribution in [3.8, 4) is 0 Å². The van der Waals surface area contributed by atoms with Gasteiger partial charge in [-0.25, -0.2) is 4.98 Å². The number of amides is 2. The van der Waals surface area contributed by atoms with Gasteiger partial charge in [0.05, 0.1) is 11.9 Å². The highest BCUT2D eigenvalue weighted by atomic mass is 16.2. The monoisotopic (exact) mass is 249 g/mol. The molecule has 0 radical (unpaired) electrons. The number of pyridine rings is 1. The first-order chi connectivity index (χ1) is 8.61. The van der Waals surface area contributed by atoms with Crippen LogP contribution < -0.4 is 11.3 Å². The molecule has 0 aliphatic carbocycles. The molecular formula is C11H15N5O2. The third-order valence-electron chi connectivity index (χ3n) is 2.89. The lowest BCUT2D eigenvalue weighted by molar-refractivity contribution is -0.133. The van der Waals surface area contributed by atoms with E-state index in [1.807, 2.05) is 0 Å². The molecule has 18 heavy (non-hydrogen) atoms. The second kappa shape index (κ2) is 5.01. The molecule has 0 spiro atoms. The lowest BCUT2D eigenvalue weighted by Gasteiger charge is -2.31. The van der Waals surface area contributed by atoms with E-state index in [2.05, 4.69) is 10.4 Å². The van der Waals surface area contributed by atoms with Gasteiger partial charge in [-0.15, -0.1) is 0 Å². The molecule has 0 saturated carbocycles. The van der Waals surface area contributed by atoms with Gasteiger partial charge >= 0.3 is 0 Å². The normalized spacial score (nSPS) is 15.8. The number of aromatic nitrogens is 1. The van der Waals surface area contributed by atoms with Crippen LogP contribution in [0, 0.1) is 0 Å². The van der Waals surface area contributed by atoms with Crippen molar-refractivity contribution in [3.05, 3.63) is 24.0 Å². The second-order valence-corrected chi connectivity index (χ2v) is 4.12. The van der Waals surface area contributed by atoms with Crippen molar-refractivity contribution in [2.45, 2.75) is 0 Å². The highest BCUT2D eigenvalue weighted by molar-refractivity contribution is 5.95. The number of likely N-dealkylation sites (N-methyl/N-ethyl adjacent to an activating group) is 1. The number of anilines is 1. The number of rotatable bonds is 2. The van der Waals surface area contributed by atoms with Gasteiger partial charge in [-0.1, -0.05) is 0 Å². The lowest BCUT2D eigenvalue weighted by atomic mass is 10.2. The van der Waals surface area contributed by atoms with Gasteiger partial charge in [-0.3, -0.25) is 15.4 Å². The van der Waals surface area contributed by atoms with Gasteiger partial charge < -0.3 is 15.2 Å². The Labute approximate surface area is 105 Å². The Bertz CT molecular complexity index is 459. The maximum atomic E-state index is 12.1. The van der Waals surface area contributed by atoms with Gasteiger partial charge in [0.2, 0.25) is 5.91 Å². The molecule has 2 rings (SSSR count). The van der Waals surface area contributed by atoms with Crippen LogP contribution in [0.15, 0.2) is 18.3 Å². The Morgan fingerprint density at radius 1 is 1.44 bits per heavy atom. The summed E-state index contributed by atoms with van der Waals surface area (Å²) in [6.07, 6.45) is 1.48. The van der Waals surface area contributed by atoms with Crippen molar-refractivity contribution < 1.29 is 9.59 Å². The van der Waals surface area contributed by atoms with Crippen LogP contribution in [0.4, 0.5) is 5.69 Å². The van der Waals surface area contributed by atoms with E-state index < -0.39 is 0 Å². The van der Waals surface area contributed by atoms with E-state index in [0.29, 0.717) is 24.5 Å². The first-order valence-corrected chi connectivity index (χ1v) is 5.57. The summed E-state index contributed by atoms with van der Waals surface area (Å²) in [6, 6.07) is 3.25. The van der Waals surface area contributed by atoms with Gasteiger partial charge in [0, 0.05) is 20.1 Å². The average molecular weight is 249 g/mol. The van der Waals surface area contributed by atoms with Crippen LogP contribution in [0.2, 0.25) is 0 Å². The van der Waals surface area contributed by atoms with E-state index in [-0.39, 0.29) is 18.4 Å². The van der Waals surface area contributed by atoms with Crippen LogP contribution >= 0.6 is 0 Å². The lowest BCUT2D eigenvalue weighted by Crippen LogP contribution is -2.50. The summed E-state index contributed by atoms with van der Waals surface area (Å²) < 4.78 is 0. The summed E-state index contributed by atoms with van der Waals surface area (Å²) in [5.74, 6) is 4.92. The average Bonchev–Trinajstić information content (AvgIpc) is 2.41. The quantitative estimate of drug-likeness (QED) is 0.533. The fraction of sp³-hybridized carbons (Fsp3) is 0.364. The molecular weight excluding hydrogens is 234 g/mol. The maximum absolute atomic E-state index is 12.1. The summed E-state index contributed by atoms with van der Waals surface area (Å²) in [6.45, 7) is 1.18. The van der Waals surface area contributed by atoms with E-state index in [9.17, 15) is 9.59 Å². The summed E-state index contributed by atoms with van der Waals surface area (Å²) in [4.78, 5) is 30.7. The van der Waals surface area contributed by atoms with Gasteiger partial charge in [0.25, 0.3) is 5.91 Å². The number of nitrogens with one attached hydrogen (secondary N) is 1. The molecule has 1 aliphatic rings. The predicted molar refractivity (Wildman–Crippen MR) is 65.6 cm³/mol. The van der Waals surface area contributed by atoms with Gasteiger partial charge in [-0.2, -0.15) is 0 Å². The smallest absolute Gasteiger partial charge is 0.272 e. The number of hydrogen-bond donors (Lipinski definition) is 2. The Morgan fingerprint density at radius 3 is 2.78 bits per heavy atom. The Morgan fingerprint density at radius 2 is 2.22 bits per heavy atom. The van der Waals surface area contributed by atoms with Gasteiger partial charge in [-0.05, 0) is 12.1 Å². The minimum atomic E-state index is -0.236. The van der Waals surface area contributed by atoms with Crippen molar-refractivity contribution >= 4 is 17.5 Å². The maximum Gasteiger partial charge on any atom is 0.272 e. The molecule has 7 heteroatoms. The second-order valence-electron chi connectivity index (χ2n) is 4.12. The minimum absolute atomic E-state index is 0.0603. The van der Waals surface area contributed by atoms with Crippen LogP contribution in [-0.4, -0.2) is 53.3 Å². The molecule has 2 amide bonds. The van der Waals surface area contributed by atoms with E-state index in [1.165, 1.54) is 11.1 Å². The first-order valence-electron chi connectivity index (χ1n) is 5.57. The van der Waals surface area contributed by atoms with Gasteiger partial charge in [0.1, 0.15) is 12.2 Å². The van der Waals surface area contributed by atoms with Crippen molar-refractivity contribution in [2.75, 3.05) is 32.1 Å². The summed E-state index contributed by atoms with van der Waals surface area (Å²) in [7, 11) is 1.73. The number of carbonyl (C=O) groups is 2. The number of nitrogens with two attached hydrogens (primary N) is 1. The standard InChI is InChI=1S/C11H15N5O2/c1-15-4-5-16(7-10(15)17)11(18)9-3-2-8(14-12)6-13-9/h2-3,6,14H,4-5,7,12H2,1H3. The third kappa shape index (κ3) is 2.40. The largest absolute Gasteiger partial charge is 0.342 e. The molecule has 0 atom stereocenters. The highest BCUT2D eigenvalue weighted by Gasteiger charge is 2.26. The van der Waals surface area contributed by atoms with Crippen molar-refractivity contribution in [1.29, 1.82) is 0 Å². The molecule has 1 aromatic rings. The molecule has 7 nitrogen and oxygen atoms in total. The summed E-state index contributed by atoms with van der Waals surface area (Å²) in [5, 5.41) is 0. The Hall–Kier alpha value is -2.15. The molecule has 0 unspecified atom stereocenters. The number of nitrogen functional groups attached to an aromatic ring is 1. The predicted octanol–water partition coefficient (Wildman–Crippen LogP) is -0.719. The number of hydrazine groups is 1. The van der Waals surface area contributed by atoms with Crippen molar-refractivity contribution in [2.24, 2.45) is 5.84 Å². The molecule has 1 saturated heterocycles. The molecule has 1 aromatic heterocycles. The molecule has 3 N–H and O–H groups in total. The zero-order valence-electron chi connectivity index (χ0n) is 10.1. The fourth-order valence-corrected chi connectivity index (χ4v) is 1.70. The zero-order chi connectivity index (χ0) is 13.1. The van der Waals surface area contributed by atoms with Crippen LogP contribution in [-0.2, 0) is 4.79 Å². The van der Waals surface area contributed by atoms with Crippen LogP contribution in [0.5, 0.6) is 0 Å². The topological polar surface area (TPSA) is 91.6 Å². The summed E-state index contributed by atoms with van der Waals surface area (Å²) in [5.41, 5.74) is 3.37. The van der Waals surface area contributed by atoms with E-state index in [0.717, 1.165) is 0 Å². The van der Waals surface area contributed by atoms with Crippen molar-refractivity contribution in [3.63, 3.8) is 0 Å². The number of hydrogen-bond acceptors (Lipinski definition) is 5. The van der Waals surface area contributed by atoms with Crippen LogP contribution in [0.1, 0.15) is 10.5 Å². The molecule has 1 fully saturated rings. The van der Waals surface area contributed by atoms with Gasteiger partial charge in [0.15, 0.2) is 0 Å². The third-order valence-corrected chi connectivity index (χ3v) is 2.89. The number of piperazine rings is 1. The zero-order valence-corrected chi connectivity index (χ0v) is 10.1. The summed E-state index contributed by atoms with van der Waals surface area (Å²) >= 11 is 0. The molecule has 1 aliphatic heterocycles. The molecule has 96 valence electrons. The Kier molecular flexibility index (Phi) is 3.42. The molecule has 0 aromatic carbocycles. The highest BCUT2D eigenvalue weighted by Crippen LogP contribution is 2.09. The Balaban J connectivity index is 2.08. The van der Waals surface area contributed by atoms with E-state index >= 15 is 0 Å². The number of carbonyl (C=O) groups excluding carboxylic acids is 2. The van der Waals surface area contributed by atoms with E-state index in [1.54, 1.807) is 24.1 Å². The fourth-order valence-electron chi connectivity index (χ4n) is 1.70. The van der Waals surface area contributed by atoms with Crippen LogP contribution in [0.3, 0.4) is 0 Å². The number of nitrogens with zero attached hydrogens (tertiary/aromatic N) is 3. The minimum Gasteiger partial charge on any atom is -0.342 e. The first kappa shape index (κ1) is 12.3. The molecule has 2 heterocycles. The van der Waals surface area contributed by atoms with Crippen LogP contribution in [0.25, 0.3) is 0 Å².